The Hall–Kier alpha value is -3.45. The Balaban J connectivity index is 1.63. The van der Waals surface area contributed by atoms with E-state index in [2.05, 4.69) is 30.8 Å². The van der Waals surface area contributed by atoms with E-state index in [1.807, 2.05) is 43.3 Å². The molecule has 0 unspecified atom stereocenters. The standard InChI is InChI=1S/C20H17ClN6O/c1-12-9-16(17(28-2)10-14(12)21)24-18-11-23-27-20(26-18)25-15-7-3-5-13-6-4-8-22-19(13)15/h3-11H,1-2H3,(H2,24,25,26,27). The Labute approximate surface area is 166 Å². The molecule has 8 heteroatoms. The highest BCUT2D eigenvalue weighted by Gasteiger charge is 2.10. The third-order valence-electron chi connectivity index (χ3n) is 4.18. The molecule has 0 bridgehead atoms. The van der Waals surface area contributed by atoms with Crippen LogP contribution >= 0.6 is 11.6 Å². The van der Waals surface area contributed by atoms with Gasteiger partial charge >= 0.3 is 0 Å². The van der Waals surface area contributed by atoms with Crippen molar-refractivity contribution in [2.24, 2.45) is 0 Å². The van der Waals surface area contributed by atoms with Crippen LogP contribution in [0.25, 0.3) is 10.9 Å². The summed E-state index contributed by atoms with van der Waals surface area (Å²) < 4.78 is 5.39. The average Bonchev–Trinajstić information content (AvgIpc) is 2.71. The van der Waals surface area contributed by atoms with Gasteiger partial charge in [-0.3, -0.25) is 4.98 Å². The molecule has 4 aromatic rings. The van der Waals surface area contributed by atoms with Crippen LogP contribution in [-0.2, 0) is 0 Å². The number of hydrogen-bond acceptors (Lipinski definition) is 7. The minimum atomic E-state index is 0.354. The van der Waals surface area contributed by atoms with E-state index in [4.69, 9.17) is 16.3 Å². The zero-order valence-corrected chi connectivity index (χ0v) is 16.0. The van der Waals surface area contributed by atoms with Crippen LogP contribution in [0, 0.1) is 6.92 Å². The van der Waals surface area contributed by atoms with Crippen molar-refractivity contribution in [3.63, 3.8) is 0 Å². The number of fused-ring (bicyclic) bond motifs is 1. The number of pyridine rings is 1. The number of halogens is 1. The Bertz CT molecular complexity index is 1150. The highest BCUT2D eigenvalue weighted by molar-refractivity contribution is 6.31. The van der Waals surface area contributed by atoms with Crippen LogP contribution in [0.1, 0.15) is 5.56 Å². The van der Waals surface area contributed by atoms with E-state index in [0.29, 0.717) is 22.5 Å². The predicted octanol–water partition coefficient (Wildman–Crippen LogP) is 4.88. The molecule has 0 saturated carbocycles. The molecule has 140 valence electrons. The fourth-order valence-corrected chi connectivity index (χ4v) is 2.96. The molecule has 0 fully saturated rings. The lowest BCUT2D eigenvalue weighted by Crippen LogP contribution is -2.04. The summed E-state index contributed by atoms with van der Waals surface area (Å²) in [4.78, 5) is 8.91. The van der Waals surface area contributed by atoms with Crippen molar-refractivity contribution >= 4 is 45.6 Å². The fraction of sp³-hybridized carbons (Fsp3) is 0.100. The molecule has 0 saturated heterocycles. The smallest absolute Gasteiger partial charge is 0.249 e. The van der Waals surface area contributed by atoms with Crippen LogP contribution in [0.5, 0.6) is 5.75 Å². The molecule has 2 heterocycles. The van der Waals surface area contributed by atoms with E-state index in [1.54, 1.807) is 19.4 Å². The summed E-state index contributed by atoms with van der Waals surface area (Å²) in [7, 11) is 1.59. The summed E-state index contributed by atoms with van der Waals surface area (Å²) in [6.45, 7) is 1.92. The molecule has 0 radical (unpaired) electrons. The van der Waals surface area contributed by atoms with Crippen molar-refractivity contribution in [1.29, 1.82) is 0 Å². The average molecular weight is 393 g/mol. The highest BCUT2D eigenvalue weighted by atomic mass is 35.5. The van der Waals surface area contributed by atoms with E-state index in [-0.39, 0.29) is 0 Å². The van der Waals surface area contributed by atoms with Gasteiger partial charge in [-0.1, -0.05) is 29.8 Å². The Kier molecular flexibility index (Phi) is 4.90. The van der Waals surface area contributed by atoms with Crippen molar-refractivity contribution in [3.8, 4) is 5.75 Å². The minimum Gasteiger partial charge on any atom is -0.495 e. The van der Waals surface area contributed by atoms with E-state index in [9.17, 15) is 0 Å². The number of benzene rings is 2. The Morgan fingerprint density at radius 1 is 1.04 bits per heavy atom. The first-order valence-electron chi connectivity index (χ1n) is 8.55. The van der Waals surface area contributed by atoms with Crippen molar-refractivity contribution in [3.05, 3.63) is 65.4 Å². The van der Waals surface area contributed by atoms with Gasteiger partial charge in [0.15, 0.2) is 5.82 Å². The molecule has 28 heavy (non-hydrogen) atoms. The zero-order valence-electron chi connectivity index (χ0n) is 15.3. The molecule has 0 aliphatic rings. The van der Waals surface area contributed by atoms with Crippen LogP contribution in [0.3, 0.4) is 0 Å². The molecule has 0 amide bonds. The van der Waals surface area contributed by atoms with Gasteiger partial charge in [0.2, 0.25) is 5.95 Å². The molecule has 0 aliphatic carbocycles. The van der Waals surface area contributed by atoms with Gasteiger partial charge in [0.05, 0.1) is 30.2 Å². The van der Waals surface area contributed by atoms with Gasteiger partial charge in [-0.15, -0.1) is 5.10 Å². The van der Waals surface area contributed by atoms with Crippen LogP contribution in [-0.4, -0.2) is 27.3 Å². The largest absolute Gasteiger partial charge is 0.495 e. The fourth-order valence-electron chi connectivity index (χ4n) is 2.81. The third-order valence-corrected chi connectivity index (χ3v) is 4.59. The molecular formula is C20H17ClN6O. The molecule has 2 aromatic carbocycles. The van der Waals surface area contributed by atoms with E-state index in [0.717, 1.165) is 27.8 Å². The molecule has 0 atom stereocenters. The van der Waals surface area contributed by atoms with Gasteiger partial charge in [-0.25, -0.2) is 0 Å². The summed E-state index contributed by atoms with van der Waals surface area (Å²) in [6.07, 6.45) is 3.29. The van der Waals surface area contributed by atoms with Gasteiger partial charge in [-0.05, 0) is 30.7 Å². The second-order valence-electron chi connectivity index (χ2n) is 6.10. The number of aromatic nitrogens is 4. The summed E-state index contributed by atoms with van der Waals surface area (Å²) in [5.74, 6) is 1.49. The molecule has 7 nitrogen and oxygen atoms in total. The maximum atomic E-state index is 6.17. The maximum Gasteiger partial charge on any atom is 0.249 e. The van der Waals surface area contributed by atoms with Crippen molar-refractivity contribution in [2.75, 3.05) is 17.7 Å². The molecular weight excluding hydrogens is 376 g/mol. The first-order chi connectivity index (χ1) is 13.6. The Morgan fingerprint density at radius 2 is 1.89 bits per heavy atom. The van der Waals surface area contributed by atoms with E-state index >= 15 is 0 Å². The second-order valence-corrected chi connectivity index (χ2v) is 6.50. The number of para-hydroxylation sites is 1. The topological polar surface area (TPSA) is 84.9 Å². The summed E-state index contributed by atoms with van der Waals surface area (Å²) in [5.41, 5.74) is 3.30. The van der Waals surface area contributed by atoms with Crippen LogP contribution in [0.4, 0.5) is 23.1 Å². The highest BCUT2D eigenvalue weighted by Crippen LogP contribution is 2.32. The second kappa shape index (κ2) is 7.66. The number of nitrogens with one attached hydrogen (secondary N) is 2. The lowest BCUT2D eigenvalue weighted by Gasteiger charge is -2.13. The van der Waals surface area contributed by atoms with Gasteiger partial charge in [0, 0.05) is 22.7 Å². The van der Waals surface area contributed by atoms with Crippen LogP contribution in [0.15, 0.2) is 54.9 Å². The number of methoxy groups -OCH3 is 1. The Morgan fingerprint density at radius 3 is 2.75 bits per heavy atom. The normalized spacial score (nSPS) is 10.7. The van der Waals surface area contributed by atoms with Crippen LogP contribution in [0.2, 0.25) is 5.02 Å². The molecule has 0 spiro atoms. The number of ether oxygens (including phenoxy) is 1. The maximum absolute atomic E-state index is 6.17. The minimum absolute atomic E-state index is 0.354. The zero-order chi connectivity index (χ0) is 19.5. The first kappa shape index (κ1) is 17.9. The van der Waals surface area contributed by atoms with E-state index in [1.165, 1.54) is 6.20 Å². The van der Waals surface area contributed by atoms with Gasteiger partial charge < -0.3 is 15.4 Å². The number of hydrogen-bond donors (Lipinski definition) is 2. The molecule has 2 N–H and O–H groups in total. The first-order valence-corrected chi connectivity index (χ1v) is 8.93. The number of aryl methyl sites for hydroxylation is 1. The summed E-state index contributed by atoms with van der Waals surface area (Å²) in [5, 5.41) is 16.1. The lowest BCUT2D eigenvalue weighted by molar-refractivity contribution is 0.416. The molecule has 0 aliphatic heterocycles. The predicted molar refractivity (Wildman–Crippen MR) is 111 cm³/mol. The SMILES string of the molecule is COc1cc(Cl)c(C)cc1Nc1cnnc(Nc2cccc3cccnc23)n1. The van der Waals surface area contributed by atoms with Crippen molar-refractivity contribution in [2.45, 2.75) is 6.92 Å². The monoisotopic (exact) mass is 392 g/mol. The third kappa shape index (κ3) is 3.65. The number of nitrogens with zero attached hydrogens (tertiary/aromatic N) is 4. The van der Waals surface area contributed by atoms with Gasteiger partial charge in [0.1, 0.15) is 5.75 Å². The van der Waals surface area contributed by atoms with Crippen molar-refractivity contribution < 1.29 is 4.74 Å². The van der Waals surface area contributed by atoms with Crippen molar-refractivity contribution in [1.82, 2.24) is 20.2 Å². The lowest BCUT2D eigenvalue weighted by atomic mass is 10.2. The van der Waals surface area contributed by atoms with E-state index < -0.39 is 0 Å². The molecule has 4 rings (SSSR count). The quantitative estimate of drug-likeness (QED) is 0.500. The van der Waals surface area contributed by atoms with Gasteiger partial charge in [0.25, 0.3) is 0 Å². The summed E-state index contributed by atoms with van der Waals surface area (Å²) >= 11 is 6.17. The van der Waals surface area contributed by atoms with Gasteiger partial charge in [-0.2, -0.15) is 10.1 Å². The summed E-state index contributed by atoms with van der Waals surface area (Å²) in [6, 6.07) is 13.4. The number of anilines is 4. The van der Waals surface area contributed by atoms with Crippen LogP contribution < -0.4 is 15.4 Å². The molecule has 2 aromatic heterocycles. The number of rotatable bonds is 5.